The molecular formula is C23H28O4. The molecule has 0 aromatic heterocycles. The number of ketones is 1. The van der Waals surface area contributed by atoms with Gasteiger partial charge in [0.25, 0.3) is 0 Å². The first-order chi connectivity index (χ1) is 13.1. The molecule has 0 aliphatic carbocycles. The van der Waals surface area contributed by atoms with E-state index >= 15 is 0 Å². The van der Waals surface area contributed by atoms with Gasteiger partial charge in [0.15, 0.2) is 5.78 Å². The first-order valence-electron chi connectivity index (χ1n) is 9.41. The van der Waals surface area contributed by atoms with Crippen LogP contribution < -0.4 is 14.2 Å². The van der Waals surface area contributed by atoms with Gasteiger partial charge in [0.2, 0.25) is 0 Å². The Balaban J connectivity index is 2.32. The van der Waals surface area contributed by atoms with Crippen LogP contribution in [-0.2, 0) is 6.42 Å². The standard InChI is InChI=1S/C23H28O4/c1-5-8-18-15-19(23(27-7-3)16-22(18)26-6-2)11-14-21(24)17-9-12-20(25-4)13-10-17/h9-16H,5-8H2,1-4H3/b14-11+. The minimum Gasteiger partial charge on any atom is -0.497 e. The molecule has 0 heterocycles. The number of hydrogen-bond acceptors (Lipinski definition) is 4. The molecule has 0 fully saturated rings. The van der Waals surface area contributed by atoms with Crippen LogP contribution in [0.5, 0.6) is 17.2 Å². The second kappa shape index (κ2) is 10.4. The molecule has 0 bridgehead atoms. The van der Waals surface area contributed by atoms with Crippen molar-refractivity contribution in [3.63, 3.8) is 0 Å². The molecule has 0 spiro atoms. The second-order valence-corrected chi connectivity index (χ2v) is 6.04. The third-order valence-electron chi connectivity index (χ3n) is 4.10. The molecule has 4 heteroatoms. The van der Waals surface area contributed by atoms with E-state index in [1.165, 1.54) is 0 Å². The van der Waals surface area contributed by atoms with E-state index < -0.39 is 0 Å². The van der Waals surface area contributed by atoms with Gasteiger partial charge in [-0.15, -0.1) is 0 Å². The normalized spacial score (nSPS) is 10.8. The van der Waals surface area contributed by atoms with Crippen LogP contribution in [-0.4, -0.2) is 26.1 Å². The highest BCUT2D eigenvalue weighted by atomic mass is 16.5. The van der Waals surface area contributed by atoms with Crippen LogP contribution >= 0.6 is 0 Å². The summed E-state index contributed by atoms with van der Waals surface area (Å²) in [6, 6.07) is 11.1. The van der Waals surface area contributed by atoms with Gasteiger partial charge in [-0.2, -0.15) is 0 Å². The average molecular weight is 368 g/mol. The van der Waals surface area contributed by atoms with Crippen molar-refractivity contribution in [2.24, 2.45) is 0 Å². The Labute approximate surface area is 161 Å². The topological polar surface area (TPSA) is 44.8 Å². The summed E-state index contributed by atoms with van der Waals surface area (Å²) in [6.07, 6.45) is 5.32. The fourth-order valence-electron chi connectivity index (χ4n) is 2.81. The summed E-state index contributed by atoms with van der Waals surface area (Å²) in [5, 5.41) is 0. The lowest BCUT2D eigenvalue weighted by Gasteiger charge is -2.15. The van der Waals surface area contributed by atoms with Crippen molar-refractivity contribution < 1.29 is 19.0 Å². The first kappa shape index (κ1) is 20.6. The van der Waals surface area contributed by atoms with Crippen LogP contribution in [0.15, 0.2) is 42.5 Å². The van der Waals surface area contributed by atoms with E-state index in [1.54, 1.807) is 37.5 Å². The Morgan fingerprint density at radius 1 is 0.963 bits per heavy atom. The van der Waals surface area contributed by atoms with E-state index in [1.807, 2.05) is 26.0 Å². The molecule has 0 N–H and O–H groups in total. The Bertz CT molecular complexity index is 776. The predicted octanol–water partition coefficient (Wildman–Crippen LogP) is 5.34. The van der Waals surface area contributed by atoms with E-state index in [0.717, 1.165) is 41.2 Å². The quantitative estimate of drug-likeness (QED) is 0.419. The number of benzene rings is 2. The lowest BCUT2D eigenvalue weighted by molar-refractivity contribution is 0.104. The minimum atomic E-state index is -0.0639. The van der Waals surface area contributed by atoms with E-state index in [4.69, 9.17) is 14.2 Å². The molecule has 0 saturated heterocycles. The van der Waals surface area contributed by atoms with E-state index in [0.29, 0.717) is 18.8 Å². The van der Waals surface area contributed by atoms with E-state index in [2.05, 4.69) is 13.0 Å². The molecule has 0 atom stereocenters. The van der Waals surface area contributed by atoms with Crippen molar-refractivity contribution in [3.8, 4) is 17.2 Å². The van der Waals surface area contributed by atoms with Gasteiger partial charge in [-0.1, -0.05) is 13.3 Å². The summed E-state index contributed by atoms with van der Waals surface area (Å²) < 4.78 is 16.7. The van der Waals surface area contributed by atoms with Gasteiger partial charge in [0.05, 0.1) is 20.3 Å². The van der Waals surface area contributed by atoms with Gasteiger partial charge in [-0.25, -0.2) is 0 Å². The molecular weight excluding hydrogens is 340 g/mol. The highest BCUT2D eigenvalue weighted by Crippen LogP contribution is 2.31. The maximum Gasteiger partial charge on any atom is 0.185 e. The summed E-state index contributed by atoms with van der Waals surface area (Å²) in [5.74, 6) is 2.23. The molecule has 2 aromatic rings. The summed E-state index contributed by atoms with van der Waals surface area (Å²) in [4.78, 5) is 12.5. The smallest absolute Gasteiger partial charge is 0.185 e. The largest absolute Gasteiger partial charge is 0.497 e. The lowest BCUT2D eigenvalue weighted by atomic mass is 10.0. The van der Waals surface area contributed by atoms with Crippen LogP contribution in [0.1, 0.15) is 48.7 Å². The zero-order valence-corrected chi connectivity index (χ0v) is 16.6. The van der Waals surface area contributed by atoms with Crippen molar-refractivity contribution in [2.75, 3.05) is 20.3 Å². The minimum absolute atomic E-state index is 0.0639. The zero-order valence-electron chi connectivity index (χ0n) is 16.6. The third kappa shape index (κ3) is 5.61. The van der Waals surface area contributed by atoms with Crippen molar-refractivity contribution >= 4 is 11.9 Å². The number of rotatable bonds is 10. The number of methoxy groups -OCH3 is 1. The zero-order chi connectivity index (χ0) is 19.6. The van der Waals surface area contributed by atoms with Crippen molar-refractivity contribution in [1.82, 2.24) is 0 Å². The number of hydrogen-bond donors (Lipinski definition) is 0. The molecule has 27 heavy (non-hydrogen) atoms. The molecule has 4 nitrogen and oxygen atoms in total. The SMILES string of the molecule is CCCc1cc(/C=C/C(=O)c2ccc(OC)cc2)c(OCC)cc1OCC. The van der Waals surface area contributed by atoms with Crippen LogP contribution in [0.3, 0.4) is 0 Å². The monoisotopic (exact) mass is 368 g/mol. The summed E-state index contributed by atoms with van der Waals surface area (Å²) in [7, 11) is 1.60. The molecule has 0 amide bonds. The third-order valence-corrected chi connectivity index (χ3v) is 4.10. The number of aryl methyl sites for hydroxylation is 1. The summed E-state index contributed by atoms with van der Waals surface area (Å²) in [5.41, 5.74) is 2.62. The number of ether oxygens (including phenoxy) is 3. The van der Waals surface area contributed by atoms with Crippen LogP contribution in [0.2, 0.25) is 0 Å². The molecule has 0 unspecified atom stereocenters. The van der Waals surface area contributed by atoms with Crippen molar-refractivity contribution in [3.05, 3.63) is 59.2 Å². The van der Waals surface area contributed by atoms with Crippen LogP contribution in [0.25, 0.3) is 6.08 Å². The van der Waals surface area contributed by atoms with E-state index in [9.17, 15) is 4.79 Å². The van der Waals surface area contributed by atoms with Crippen LogP contribution in [0, 0.1) is 0 Å². The molecule has 144 valence electrons. The predicted molar refractivity (Wildman–Crippen MR) is 109 cm³/mol. The summed E-state index contributed by atoms with van der Waals surface area (Å²) >= 11 is 0. The van der Waals surface area contributed by atoms with Gasteiger partial charge in [0, 0.05) is 17.2 Å². The average Bonchev–Trinajstić information content (AvgIpc) is 2.69. The lowest BCUT2D eigenvalue weighted by Crippen LogP contribution is -2.01. The highest BCUT2D eigenvalue weighted by molar-refractivity contribution is 6.07. The fraction of sp³-hybridized carbons (Fsp3) is 0.348. The Hall–Kier alpha value is -2.75. The number of carbonyl (C=O) groups excluding carboxylic acids is 1. The van der Waals surface area contributed by atoms with Gasteiger partial charge in [0.1, 0.15) is 17.2 Å². The van der Waals surface area contributed by atoms with Crippen LogP contribution in [0.4, 0.5) is 0 Å². The van der Waals surface area contributed by atoms with Gasteiger partial charge < -0.3 is 14.2 Å². The Morgan fingerprint density at radius 3 is 2.22 bits per heavy atom. The second-order valence-electron chi connectivity index (χ2n) is 6.04. The molecule has 2 aromatic carbocycles. The maximum absolute atomic E-state index is 12.5. The molecule has 0 saturated carbocycles. The number of allylic oxidation sites excluding steroid dienone is 1. The fourth-order valence-corrected chi connectivity index (χ4v) is 2.81. The molecule has 0 radical (unpaired) electrons. The van der Waals surface area contributed by atoms with Gasteiger partial charge >= 0.3 is 0 Å². The van der Waals surface area contributed by atoms with Crippen molar-refractivity contribution in [2.45, 2.75) is 33.6 Å². The molecule has 2 rings (SSSR count). The Kier molecular flexibility index (Phi) is 7.93. The Morgan fingerprint density at radius 2 is 1.63 bits per heavy atom. The number of carbonyl (C=O) groups is 1. The van der Waals surface area contributed by atoms with Gasteiger partial charge in [-0.05, 0) is 68.3 Å². The first-order valence-corrected chi connectivity index (χ1v) is 9.41. The summed E-state index contributed by atoms with van der Waals surface area (Å²) in [6.45, 7) is 7.20. The highest BCUT2D eigenvalue weighted by Gasteiger charge is 2.11. The molecule has 0 aliphatic heterocycles. The maximum atomic E-state index is 12.5. The van der Waals surface area contributed by atoms with E-state index in [-0.39, 0.29) is 5.78 Å². The molecule has 0 aliphatic rings. The van der Waals surface area contributed by atoms with Crippen molar-refractivity contribution in [1.29, 1.82) is 0 Å². The van der Waals surface area contributed by atoms with Gasteiger partial charge in [-0.3, -0.25) is 4.79 Å².